The number of urea groups is 1. The summed E-state index contributed by atoms with van der Waals surface area (Å²) in [7, 11) is 0. The Morgan fingerprint density at radius 2 is 1.85 bits per heavy atom. The van der Waals surface area contributed by atoms with Gasteiger partial charge in [0.05, 0.1) is 0 Å². The molecule has 2 fully saturated rings. The molecule has 0 aromatic heterocycles. The normalized spacial score (nSPS) is 18.0. The van der Waals surface area contributed by atoms with E-state index in [1.165, 1.54) is 29.2 Å². The number of benzene rings is 1. The van der Waals surface area contributed by atoms with Crippen molar-refractivity contribution in [3.63, 3.8) is 0 Å². The molecule has 1 aromatic rings. The molecule has 1 spiro atoms. The summed E-state index contributed by atoms with van der Waals surface area (Å²) in [6.45, 7) is 0.433. The standard InChI is InChI=1S/C19H23FN2O5/c20-14-5-7-15(8-6-14)26-12-13-27-16(23)4-3-11-22-17(24)19(21-18(22)25)9-1-2-10-19/h5-8H,1-4,9-13H2,(H,21,25). The van der Waals surface area contributed by atoms with Gasteiger partial charge in [-0.25, -0.2) is 9.18 Å². The van der Waals surface area contributed by atoms with Gasteiger partial charge in [-0.15, -0.1) is 0 Å². The summed E-state index contributed by atoms with van der Waals surface area (Å²) in [6.07, 6.45) is 3.71. The number of halogens is 1. The number of hydrogen-bond acceptors (Lipinski definition) is 5. The molecule has 3 rings (SSSR count). The third kappa shape index (κ3) is 4.56. The summed E-state index contributed by atoms with van der Waals surface area (Å²) in [5.74, 6) is -0.448. The van der Waals surface area contributed by atoms with E-state index < -0.39 is 11.5 Å². The number of ether oxygens (including phenoxy) is 2. The second-order valence-electron chi connectivity index (χ2n) is 6.80. The minimum Gasteiger partial charge on any atom is -0.490 e. The Kier molecular flexibility index (Phi) is 5.93. The van der Waals surface area contributed by atoms with Crippen molar-refractivity contribution in [1.82, 2.24) is 10.2 Å². The lowest BCUT2D eigenvalue weighted by Gasteiger charge is -2.19. The number of rotatable bonds is 8. The minimum atomic E-state index is -0.713. The second kappa shape index (κ2) is 8.37. The first-order chi connectivity index (χ1) is 13.0. The molecule has 8 heteroatoms. The van der Waals surface area contributed by atoms with Crippen molar-refractivity contribution in [1.29, 1.82) is 0 Å². The molecule has 146 valence electrons. The van der Waals surface area contributed by atoms with Crippen LogP contribution in [0.3, 0.4) is 0 Å². The van der Waals surface area contributed by atoms with Crippen molar-refractivity contribution in [2.75, 3.05) is 19.8 Å². The van der Waals surface area contributed by atoms with Crippen LogP contribution >= 0.6 is 0 Å². The fraction of sp³-hybridized carbons (Fsp3) is 0.526. The van der Waals surface area contributed by atoms with Gasteiger partial charge >= 0.3 is 12.0 Å². The molecule has 0 atom stereocenters. The monoisotopic (exact) mass is 378 g/mol. The van der Waals surface area contributed by atoms with Crippen molar-refractivity contribution < 1.29 is 28.2 Å². The zero-order valence-electron chi connectivity index (χ0n) is 15.0. The van der Waals surface area contributed by atoms with E-state index in [2.05, 4.69) is 5.32 Å². The average Bonchev–Trinajstić information content (AvgIpc) is 3.21. The van der Waals surface area contributed by atoms with Gasteiger partial charge < -0.3 is 14.8 Å². The van der Waals surface area contributed by atoms with Gasteiger partial charge in [0.25, 0.3) is 5.91 Å². The summed E-state index contributed by atoms with van der Waals surface area (Å²) in [6, 6.07) is 5.18. The van der Waals surface area contributed by atoms with Crippen LogP contribution in [0, 0.1) is 5.82 Å². The smallest absolute Gasteiger partial charge is 0.325 e. The van der Waals surface area contributed by atoms with Crippen LogP contribution in [0.5, 0.6) is 5.75 Å². The summed E-state index contributed by atoms with van der Waals surface area (Å²) >= 11 is 0. The van der Waals surface area contributed by atoms with Gasteiger partial charge in [-0.3, -0.25) is 14.5 Å². The van der Waals surface area contributed by atoms with E-state index in [9.17, 15) is 18.8 Å². The molecule has 1 N–H and O–H groups in total. The second-order valence-corrected chi connectivity index (χ2v) is 6.80. The van der Waals surface area contributed by atoms with Crippen molar-refractivity contribution in [3.05, 3.63) is 30.1 Å². The van der Waals surface area contributed by atoms with Crippen LogP contribution in [-0.4, -0.2) is 48.1 Å². The Labute approximate surface area is 156 Å². The fourth-order valence-corrected chi connectivity index (χ4v) is 3.50. The molecule has 3 amide bonds. The van der Waals surface area contributed by atoms with Gasteiger partial charge in [-0.2, -0.15) is 0 Å². The Bertz CT molecular complexity index is 701. The van der Waals surface area contributed by atoms with Gasteiger partial charge in [0.15, 0.2) is 0 Å². The molecule has 1 aliphatic carbocycles. The Balaban J connectivity index is 1.32. The first kappa shape index (κ1) is 19.1. The minimum absolute atomic E-state index is 0.0719. The zero-order chi connectivity index (χ0) is 19.3. The quantitative estimate of drug-likeness (QED) is 0.427. The molecule has 1 heterocycles. The number of amides is 3. The van der Waals surface area contributed by atoms with E-state index in [1.807, 2.05) is 0 Å². The number of hydrogen-bond donors (Lipinski definition) is 1. The molecular formula is C19H23FN2O5. The highest BCUT2D eigenvalue weighted by molar-refractivity contribution is 6.07. The Hall–Kier alpha value is -2.64. The van der Waals surface area contributed by atoms with Gasteiger partial charge in [-0.1, -0.05) is 12.8 Å². The third-order valence-electron chi connectivity index (χ3n) is 4.89. The van der Waals surface area contributed by atoms with Crippen LogP contribution in [0.2, 0.25) is 0 Å². The Morgan fingerprint density at radius 1 is 1.15 bits per heavy atom. The average molecular weight is 378 g/mol. The maximum absolute atomic E-state index is 12.8. The largest absolute Gasteiger partial charge is 0.490 e. The van der Waals surface area contributed by atoms with Crippen molar-refractivity contribution >= 4 is 17.9 Å². The number of imide groups is 1. The van der Waals surface area contributed by atoms with E-state index in [4.69, 9.17) is 9.47 Å². The van der Waals surface area contributed by atoms with E-state index in [1.54, 1.807) is 0 Å². The van der Waals surface area contributed by atoms with E-state index in [-0.39, 0.29) is 43.9 Å². The van der Waals surface area contributed by atoms with Gasteiger partial charge in [0.1, 0.15) is 30.3 Å². The molecule has 0 unspecified atom stereocenters. The highest BCUT2D eigenvalue weighted by Crippen LogP contribution is 2.35. The number of nitrogens with one attached hydrogen (secondary N) is 1. The highest BCUT2D eigenvalue weighted by atomic mass is 19.1. The number of carbonyl (C=O) groups excluding carboxylic acids is 3. The van der Waals surface area contributed by atoms with E-state index in [0.29, 0.717) is 25.0 Å². The molecule has 0 bridgehead atoms. The van der Waals surface area contributed by atoms with Crippen molar-refractivity contribution in [2.45, 2.75) is 44.1 Å². The van der Waals surface area contributed by atoms with Gasteiger partial charge in [-0.05, 0) is 43.5 Å². The van der Waals surface area contributed by atoms with Crippen LogP contribution in [-0.2, 0) is 14.3 Å². The molecule has 1 aromatic carbocycles. The number of esters is 1. The molecule has 1 aliphatic heterocycles. The summed E-state index contributed by atoms with van der Waals surface area (Å²) in [5.41, 5.74) is -0.713. The third-order valence-corrected chi connectivity index (χ3v) is 4.89. The molecular weight excluding hydrogens is 355 g/mol. The van der Waals surface area contributed by atoms with Gasteiger partial charge in [0.2, 0.25) is 0 Å². The molecule has 2 aliphatic rings. The lowest BCUT2D eigenvalue weighted by Crippen LogP contribution is -2.44. The van der Waals surface area contributed by atoms with Gasteiger partial charge in [0, 0.05) is 13.0 Å². The van der Waals surface area contributed by atoms with E-state index in [0.717, 1.165) is 12.8 Å². The topological polar surface area (TPSA) is 84.9 Å². The van der Waals surface area contributed by atoms with Crippen LogP contribution in [0.1, 0.15) is 38.5 Å². The first-order valence-electron chi connectivity index (χ1n) is 9.18. The van der Waals surface area contributed by atoms with E-state index >= 15 is 0 Å². The van der Waals surface area contributed by atoms with Crippen LogP contribution in [0.4, 0.5) is 9.18 Å². The lowest BCUT2D eigenvalue weighted by molar-refractivity contribution is -0.144. The predicted octanol–water partition coefficient (Wildman–Crippen LogP) is 2.39. The predicted molar refractivity (Wildman–Crippen MR) is 93.5 cm³/mol. The molecule has 7 nitrogen and oxygen atoms in total. The molecule has 0 radical (unpaired) electrons. The Morgan fingerprint density at radius 3 is 2.56 bits per heavy atom. The first-order valence-corrected chi connectivity index (χ1v) is 9.18. The maximum atomic E-state index is 12.8. The maximum Gasteiger partial charge on any atom is 0.325 e. The molecule has 27 heavy (non-hydrogen) atoms. The number of carbonyl (C=O) groups is 3. The van der Waals surface area contributed by atoms with Crippen molar-refractivity contribution in [2.24, 2.45) is 0 Å². The molecule has 1 saturated carbocycles. The van der Waals surface area contributed by atoms with Crippen molar-refractivity contribution in [3.8, 4) is 5.75 Å². The fourth-order valence-electron chi connectivity index (χ4n) is 3.50. The van der Waals surface area contributed by atoms with Crippen LogP contribution in [0.25, 0.3) is 0 Å². The van der Waals surface area contributed by atoms with Crippen LogP contribution < -0.4 is 10.1 Å². The summed E-state index contributed by atoms with van der Waals surface area (Å²) < 4.78 is 23.2. The summed E-state index contributed by atoms with van der Waals surface area (Å²) in [4.78, 5) is 37.5. The number of nitrogens with zero attached hydrogens (tertiary/aromatic N) is 1. The molecule has 1 saturated heterocycles. The summed E-state index contributed by atoms with van der Waals surface area (Å²) in [5, 5.41) is 2.81. The SMILES string of the molecule is O=C(CCCN1C(=O)NC2(CCCC2)C1=O)OCCOc1ccc(F)cc1. The zero-order valence-corrected chi connectivity index (χ0v) is 15.0. The highest BCUT2D eigenvalue weighted by Gasteiger charge is 2.51. The van der Waals surface area contributed by atoms with Crippen LogP contribution in [0.15, 0.2) is 24.3 Å². The lowest BCUT2D eigenvalue weighted by atomic mass is 9.98.